The molecular weight excluding hydrogens is 236 g/mol. The molecule has 0 bridgehead atoms. The highest BCUT2D eigenvalue weighted by molar-refractivity contribution is 5.89. The van der Waals surface area contributed by atoms with E-state index in [-0.39, 0.29) is 23.4 Å². The van der Waals surface area contributed by atoms with Crippen LogP contribution in [0.2, 0.25) is 0 Å². The molecule has 0 saturated carbocycles. The number of nitro benzene ring substituents is 1. The van der Waals surface area contributed by atoms with Crippen LogP contribution < -0.4 is 0 Å². The van der Waals surface area contributed by atoms with Crippen LogP contribution in [0.4, 0.5) is 5.69 Å². The molecule has 90 valence electrons. The predicted molar refractivity (Wildman–Crippen MR) is 61.3 cm³/mol. The lowest BCUT2D eigenvalue weighted by atomic mass is 10.1. The summed E-state index contributed by atoms with van der Waals surface area (Å²) in [5, 5.41) is 19.4. The quantitative estimate of drug-likeness (QED) is 0.339. The van der Waals surface area contributed by atoms with Gasteiger partial charge in [-0.3, -0.25) is 10.1 Å². The summed E-state index contributed by atoms with van der Waals surface area (Å²) in [5.41, 5.74) is -0.0960. The molecule has 0 aromatic heterocycles. The molecule has 6 nitrogen and oxygen atoms in total. The molecule has 1 aromatic rings. The van der Waals surface area contributed by atoms with Gasteiger partial charge in [-0.15, -0.1) is 0 Å². The second kappa shape index (κ2) is 6.02. The molecule has 0 aliphatic carbocycles. The van der Waals surface area contributed by atoms with Crippen LogP contribution in [0.5, 0.6) is 0 Å². The Morgan fingerprint density at radius 2 is 2.28 bits per heavy atom. The molecule has 0 radical (unpaired) electrons. The van der Waals surface area contributed by atoms with Crippen molar-refractivity contribution >= 4 is 11.7 Å². The maximum Gasteiger partial charge on any atom is 0.384 e. The number of esters is 1. The van der Waals surface area contributed by atoms with E-state index >= 15 is 0 Å². The van der Waals surface area contributed by atoms with Gasteiger partial charge >= 0.3 is 5.97 Å². The van der Waals surface area contributed by atoms with Gasteiger partial charge < -0.3 is 4.74 Å². The van der Waals surface area contributed by atoms with E-state index in [1.54, 1.807) is 13.0 Å². The van der Waals surface area contributed by atoms with Gasteiger partial charge in [0, 0.05) is 12.0 Å². The number of carbonyl (C=O) groups excluding carboxylic acids is 1. The topological polar surface area (TPSA) is 93.2 Å². The first-order valence-corrected chi connectivity index (χ1v) is 4.95. The van der Waals surface area contributed by atoms with E-state index in [0.717, 1.165) is 6.07 Å². The van der Waals surface area contributed by atoms with Gasteiger partial charge in [-0.1, -0.05) is 0 Å². The standard InChI is InChI=1S/C12H8N2O4/c1-2-18-12(15)6-5-10-4-3-9(8-13)7-11(10)14(16)17/h3-4,7H,2H2,1H3. The molecule has 0 unspecified atom stereocenters. The Bertz CT molecular complexity index is 590. The van der Waals surface area contributed by atoms with Crippen LogP contribution in [0, 0.1) is 33.3 Å². The monoisotopic (exact) mass is 244 g/mol. The molecule has 0 N–H and O–H groups in total. The number of hydrogen-bond donors (Lipinski definition) is 0. The van der Waals surface area contributed by atoms with Gasteiger partial charge in [0.25, 0.3) is 5.69 Å². The summed E-state index contributed by atoms with van der Waals surface area (Å²) in [4.78, 5) is 21.1. The molecule has 0 fully saturated rings. The van der Waals surface area contributed by atoms with E-state index < -0.39 is 10.9 Å². The Labute approximate surface area is 103 Å². The first-order valence-electron chi connectivity index (χ1n) is 4.95. The maximum atomic E-state index is 11.0. The van der Waals surface area contributed by atoms with Crippen LogP contribution >= 0.6 is 0 Å². The minimum absolute atomic E-state index is 0.0621. The molecule has 0 spiro atoms. The van der Waals surface area contributed by atoms with Crippen LogP contribution in [-0.2, 0) is 9.53 Å². The summed E-state index contributed by atoms with van der Waals surface area (Å²) in [5.74, 6) is 3.74. The molecule has 1 rings (SSSR count). The Kier molecular flexibility index (Phi) is 4.42. The normalized spacial score (nSPS) is 8.67. The number of nitrogens with zero attached hydrogens (tertiary/aromatic N) is 2. The van der Waals surface area contributed by atoms with Gasteiger partial charge in [-0.05, 0) is 25.0 Å². The van der Waals surface area contributed by atoms with Gasteiger partial charge in [-0.25, -0.2) is 4.79 Å². The van der Waals surface area contributed by atoms with E-state index in [0.29, 0.717) is 0 Å². The third-order valence-electron chi connectivity index (χ3n) is 1.90. The zero-order chi connectivity index (χ0) is 13.5. The number of rotatable bonds is 2. The Morgan fingerprint density at radius 1 is 1.56 bits per heavy atom. The van der Waals surface area contributed by atoms with E-state index in [9.17, 15) is 14.9 Å². The molecule has 0 amide bonds. The average Bonchev–Trinajstić information content (AvgIpc) is 2.36. The molecule has 6 heteroatoms. The van der Waals surface area contributed by atoms with Gasteiger partial charge in [0.05, 0.1) is 23.2 Å². The van der Waals surface area contributed by atoms with E-state index in [1.165, 1.54) is 12.1 Å². The SMILES string of the molecule is CCOC(=O)C#Cc1ccc(C#N)cc1[N+](=O)[O-]. The zero-order valence-corrected chi connectivity index (χ0v) is 9.47. The van der Waals surface area contributed by atoms with Crippen LogP contribution in [0.1, 0.15) is 18.1 Å². The highest BCUT2D eigenvalue weighted by Crippen LogP contribution is 2.18. The highest BCUT2D eigenvalue weighted by Gasteiger charge is 2.13. The van der Waals surface area contributed by atoms with Gasteiger partial charge in [0.15, 0.2) is 0 Å². The third kappa shape index (κ3) is 3.32. The summed E-state index contributed by atoms with van der Waals surface area (Å²) in [6, 6.07) is 5.61. The fourth-order valence-electron chi connectivity index (χ4n) is 1.14. The Morgan fingerprint density at radius 3 is 2.83 bits per heavy atom. The van der Waals surface area contributed by atoms with Crippen LogP contribution in [0.15, 0.2) is 18.2 Å². The Balaban J connectivity index is 3.13. The number of hydrogen-bond acceptors (Lipinski definition) is 5. The lowest BCUT2D eigenvalue weighted by Crippen LogP contribution is -2.00. The fourth-order valence-corrected chi connectivity index (χ4v) is 1.14. The molecular formula is C12H8N2O4. The molecule has 1 aromatic carbocycles. The van der Waals surface area contributed by atoms with Crippen molar-refractivity contribution in [2.24, 2.45) is 0 Å². The molecule has 0 heterocycles. The second-order valence-electron chi connectivity index (χ2n) is 3.07. The molecule has 18 heavy (non-hydrogen) atoms. The van der Waals surface area contributed by atoms with Crippen molar-refractivity contribution in [3.63, 3.8) is 0 Å². The number of benzene rings is 1. The maximum absolute atomic E-state index is 11.0. The average molecular weight is 244 g/mol. The summed E-state index contributed by atoms with van der Waals surface area (Å²) in [6.07, 6.45) is 0. The van der Waals surface area contributed by atoms with Crippen molar-refractivity contribution < 1.29 is 14.5 Å². The first kappa shape index (κ1) is 13.2. The number of nitro groups is 1. The van der Waals surface area contributed by atoms with Crippen molar-refractivity contribution in [1.82, 2.24) is 0 Å². The third-order valence-corrected chi connectivity index (χ3v) is 1.90. The summed E-state index contributed by atoms with van der Waals surface area (Å²) in [7, 11) is 0. The summed E-state index contributed by atoms with van der Waals surface area (Å²) >= 11 is 0. The zero-order valence-electron chi connectivity index (χ0n) is 9.47. The molecule has 0 atom stereocenters. The van der Waals surface area contributed by atoms with Gasteiger partial charge in [-0.2, -0.15) is 5.26 Å². The summed E-state index contributed by atoms with van der Waals surface area (Å²) < 4.78 is 4.57. The minimum Gasteiger partial charge on any atom is -0.456 e. The van der Waals surface area contributed by atoms with Crippen LogP contribution in [-0.4, -0.2) is 17.5 Å². The second-order valence-corrected chi connectivity index (χ2v) is 3.07. The van der Waals surface area contributed by atoms with E-state index in [1.807, 2.05) is 0 Å². The van der Waals surface area contributed by atoms with E-state index in [2.05, 4.69) is 16.6 Å². The van der Waals surface area contributed by atoms with E-state index in [4.69, 9.17) is 5.26 Å². The first-order chi connectivity index (χ1) is 8.58. The smallest absolute Gasteiger partial charge is 0.384 e. The van der Waals surface area contributed by atoms with Crippen LogP contribution in [0.25, 0.3) is 0 Å². The number of carbonyl (C=O) groups is 1. The van der Waals surface area contributed by atoms with Crippen molar-refractivity contribution in [3.05, 3.63) is 39.4 Å². The van der Waals surface area contributed by atoms with Crippen molar-refractivity contribution in [2.45, 2.75) is 6.92 Å². The van der Waals surface area contributed by atoms with Crippen molar-refractivity contribution in [3.8, 4) is 17.9 Å². The molecule has 0 aliphatic heterocycles. The molecule has 0 aliphatic rings. The van der Waals surface area contributed by atoms with Gasteiger partial charge in [0.2, 0.25) is 0 Å². The minimum atomic E-state index is -0.754. The lowest BCUT2D eigenvalue weighted by Gasteiger charge is -1.96. The van der Waals surface area contributed by atoms with Crippen LogP contribution in [0.3, 0.4) is 0 Å². The molecule has 0 saturated heterocycles. The predicted octanol–water partition coefficient (Wildman–Crippen LogP) is 1.38. The fraction of sp³-hybridized carbons (Fsp3) is 0.167. The van der Waals surface area contributed by atoms with Gasteiger partial charge in [0.1, 0.15) is 5.56 Å². The number of ether oxygens (including phenoxy) is 1. The Hall–Kier alpha value is -2.86. The number of nitriles is 1. The lowest BCUT2D eigenvalue weighted by molar-refractivity contribution is -0.385. The largest absolute Gasteiger partial charge is 0.456 e. The summed E-state index contributed by atoms with van der Waals surface area (Å²) in [6.45, 7) is 1.81. The highest BCUT2D eigenvalue weighted by atomic mass is 16.6. The van der Waals surface area contributed by atoms with Crippen molar-refractivity contribution in [1.29, 1.82) is 5.26 Å². The van der Waals surface area contributed by atoms with Crippen molar-refractivity contribution in [2.75, 3.05) is 6.61 Å².